The van der Waals surface area contributed by atoms with E-state index in [4.69, 9.17) is 16.6 Å². The third-order valence-corrected chi connectivity index (χ3v) is 5.27. The molecule has 0 bridgehead atoms. The van der Waals surface area contributed by atoms with Crippen LogP contribution in [0.5, 0.6) is 0 Å². The molecule has 2 fully saturated rings. The summed E-state index contributed by atoms with van der Waals surface area (Å²) in [5, 5.41) is 4.32. The number of thiocarbonyl (C=S) groups is 1. The van der Waals surface area contributed by atoms with E-state index in [1.807, 2.05) is 30.5 Å². The first-order valence-corrected chi connectivity index (χ1v) is 8.78. The predicted octanol–water partition coefficient (Wildman–Crippen LogP) is 3.98. The van der Waals surface area contributed by atoms with Crippen LogP contribution in [0.4, 0.5) is 0 Å². The minimum absolute atomic E-state index is 0.0387. The lowest BCUT2D eigenvalue weighted by Crippen LogP contribution is -2.40. The maximum absolute atomic E-state index is 5.77. The molecule has 23 heavy (non-hydrogen) atoms. The van der Waals surface area contributed by atoms with Crippen LogP contribution in [0.2, 0.25) is 0 Å². The molecule has 2 atom stereocenters. The van der Waals surface area contributed by atoms with Crippen LogP contribution in [-0.2, 0) is 0 Å². The van der Waals surface area contributed by atoms with Crippen LogP contribution in [0.15, 0.2) is 47.2 Å². The van der Waals surface area contributed by atoms with E-state index in [1.165, 1.54) is 32.1 Å². The summed E-state index contributed by atoms with van der Waals surface area (Å²) in [5.41, 5.74) is 1.01. The fourth-order valence-corrected chi connectivity index (χ4v) is 4.27. The summed E-state index contributed by atoms with van der Waals surface area (Å²) in [6.07, 6.45) is 9.88. The molecule has 4 rings (SSSR count). The summed E-state index contributed by atoms with van der Waals surface area (Å²) in [6.45, 7) is 0. The Labute approximate surface area is 141 Å². The second kappa shape index (κ2) is 6.32. The zero-order valence-corrected chi connectivity index (χ0v) is 13.8. The largest absolute Gasteiger partial charge is 0.467 e. The van der Waals surface area contributed by atoms with Gasteiger partial charge < -0.3 is 14.6 Å². The average Bonchev–Trinajstić information content (AvgIpc) is 3.24. The summed E-state index contributed by atoms with van der Waals surface area (Å²) < 4.78 is 5.77. The standard InChI is InChI=1S/C18H21N3OS/c23-18-20-16(14-9-4-5-11-19-14)17(15-10-6-12-22-15)21(18)13-7-2-1-3-8-13/h4-6,9-13,16-17H,1-3,7-8H2,(H,20,23). The van der Waals surface area contributed by atoms with Gasteiger partial charge >= 0.3 is 0 Å². The number of nitrogens with zero attached hydrogens (tertiary/aromatic N) is 2. The minimum Gasteiger partial charge on any atom is -0.467 e. The molecule has 0 amide bonds. The third kappa shape index (κ3) is 2.74. The molecule has 5 heteroatoms. The van der Waals surface area contributed by atoms with Crippen molar-refractivity contribution in [2.45, 2.75) is 50.2 Å². The SMILES string of the molecule is S=C1NC(c2ccccn2)C(c2ccco2)N1C1CCCCC1. The molecule has 4 nitrogen and oxygen atoms in total. The van der Waals surface area contributed by atoms with Gasteiger partial charge in [0.2, 0.25) is 0 Å². The van der Waals surface area contributed by atoms with Crippen LogP contribution in [0.1, 0.15) is 55.6 Å². The fraction of sp³-hybridized carbons (Fsp3) is 0.444. The monoisotopic (exact) mass is 327 g/mol. The van der Waals surface area contributed by atoms with Gasteiger partial charge in [-0.3, -0.25) is 4.98 Å². The molecular formula is C18H21N3OS. The zero-order valence-electron chi connectivity index (χ0n) is 13.0. The molecule has 2 unspecified atom stereocenters. The van der Waals surface area contributed by atoms with Crippen molar-refractivity contribution in [1.29, 1.82) is 0 Å². The van der Waals surface area contributed by atoms with Crippen molar-refractivity contribution in [1.82, 2.24) is 15.2 Å². The Morgan fingerprint density at radius 3 is 2.70 bits per heavy atom. The molecule has 0 aromatic carbocycles. The van der Waals surface area contributed by atoms with E-state index in [2.05, 4.69) is 21.3 Å². The van der Waals surface area contributed by atoms with Crippen molar-refractivity contribution in [2.75, 3.05) is 0 Å². The van der Waals surface area contributed by atoms with Gasteiger partial charge in [0.15, 0.2) is 5.11 Å². The van der Waals surface area contributed by atoms with E-state index < -0.39 is 0 Å². The van der Waals surface area contributed by atoms with E-state index in [1.54, 1.807) is 6.26 Å². The Balaban J connectivity index is 1.71. The van der Waals surface area contributed by atoms with E-state index in [0.29, 0.717) is 6.04 Å². The molecule has 1 saturated heterocycles. The van der Waals surface area contributed by atoms with Gasteiger partial charge in [0.25, 0.3) is 0 Å². The van der Waals surface area contributed by atoms with Crippen LogP contribution in [0.25, 0.3) is 0 Å². The lowest BCUT2D eigenvalue weighted by atomic mass is 9.92. The molecule has 1 aliphatic heterocycles. The van der Waals surface area contributed by atoms with Crippen molar-refractivity contribution in [3.63, 3.8) is 0 Å². The second-order valence-electron chi connectivity index (χ2n) is 6.34. The lowest BCUT2D eigenvalue weighted by Gasteiger charge is -2.36. The molecule has 3 heterocycles. The molecule has 120 valence electrons. The molecule has 1 N–H and O–H groups in total. The number of pyridine rings is 1. The minimum atomic E-state index is 0.0387. The summed E-state index contributed by atoms with van der Waals surface area (Å²) in [7, 11) is 0. The van der Waals surface area contributed by atoms with Crippen molar-refractivity contribution in [3.8, 4) is 0 Å². The molecule has 1 saturated carbocycles. The number of furan rings is 1. The molecule has 0 spiro atoms. The van der Waals surface area contributed by atoms with E-state index in [9.17, 15) is 0 Å². The Hall–Kier alpha value is -1.88. The normalized spacial score (nSPS) is 25.6. The smallest absolute Gasteiger partial charge is 0.170 e. The zero-order chi connectivity index (χ0) is 15.6. The van der Waals surface area contributed by atoms with Gasteiger partial charge in [-0.1, -0.05) is 25.3 Å². The average molecular weight is 327 g/mol. The first-order valence-electron chi connectivity index (χ1n) is 8.38. The van der Waals surface area contributed by atoms with Crippen LogP contribution in [0.3, 0.4) is 0 Å². The van der Waals surface area contributed by atoms with Crippen LogP contribution >= 0.6 is 12.2 Å². The summed E-state index contributed by atoms with van der Waals surface area (Å²) in [6, 6.07) is 10.6. The van der Waals surface area contributed by atoms with Crippen molar-refractivity contribution < 1.29 is 4.42 Å². The van der Waals surface area contributed by atoms with E-state index in [-0.39, 0.29) is 12.1 Å². The fourth-order valence-electron chi connectivity index (χ4n) is 3.88. The highest BCUT2D eigenvalue weighted by atomic mass is 32.1. The third-order valence-electron chi connectivity index (χ3n) is 4.94. The van der Waals surface area contributed by atoms with E-state index >= 15 is 0 Å². The molecule has 2 aromatic heterocycles. The first kappa shape index (κ1) is 14.7. The molecule has 2 aromatic rings. The Kier molecular flexibility index (Phi) is 4.04. The van der Waals surface area contributed by atoms with E-state index in [0.717, 1.165) is 16.6 Å². The van der Waals surface area contributed by atoms with Crippen molar-refractivity contribution in [2.24, 2.45) is 0 Å². The van der Waals surface area contributed by atoms with Gasteiger partial charge in [-0.05, 0) is 49.3 Å². The first-order chi connectivity index (χ1) is 11.3. The van der Waals surface area contributed by atoms with Gasteiger partial charge in [-0.15, -0.1) is 0 Å². The maximum atomic E-state index is 5.77. The highest BCUT2D eigenvalue weighted by Crippen LogP contribution is 2.42. The quantitative estimate of drug-likeness (QED) is 0.864. The predicted molar refractivity (Wildman–Crippen MR) is 92.9 cm³/mol. The van der Waals surface area contributed by atoms with Gasteiger partial charge in [0, 0.05) is 12.2 Å². The molecular weight excluding hydrogens is 306 g/mol. The summed E-state index contributed by atoms with van der Waals surface area (Å²) >= 11 is 5.69. The number of rotatable bonds is 3. The highest BCUT2D eigenvalue weighted by Gasteiger charge is 2.44. The van der Waals surface area contributed by atoms with Crippen molar-refractivity contribution >= 4 is 17.3 Å². The van der Waals surface area contributed by atoms with Gasteiger partial charge in [0.05, 0.1) is 18.0 Å². The second-order valence-corrected chi connectivity index (χ2v) is 6.73. The van der Waals surface area contributed by atoms with Crippen molar-refractivity contribution in [3.05, 3.63) is 54.2 Å². The van der Waals surface area contributed by atoms with Crippen LogP contribution in [0, 0.1) is 0 Å². The molecule has 2 aliphatic rings. The maximum Gasteiger partial charge on any atom is 0.170 e. The summed E-state index contributed by atoms with van der Waals surface area (Å²) in [5.74, 6) is 0.957. The van der Waals surface area contributed by atoms with Crippen LogP contribution < -0.4 is 5.32 Å². The number of aromatic nitrogens is 1. The molecule has 1 aliphatic carbocycles. The lowest BCUT2D eigenvalue weighted by molar-refractivity contribution is 0.178. The van der Waals surface area contributed by atoms with Gasteiger partial charge in [0.1, 0.15) is 11.8 Å². The summed E-state index contributed by atoms with van der Waals surface area (Å²) in [4.78, 5) is 6.91. The Bertz CT molecular complexity index is 652. The Morgan fingerprint density at radius 1 is 1.13 bits per heavy atom. The van der Waals surface area contributed by atoms with Gasteiger partial charge in [-0.25, -0.2) is 0 Å². The number of hydrogen-bond donors (Lipinski definition) is 1. The Morgan fingerprint density at radius 2 is 2.00 bits per heavy atom. The highest BCUT2D eigenvalue weighted by molar-refractivity contribution is 7.80. The molecule has 0 radical (unpaired) electrons. The van der Waals surface area contributed by atoms with Gasteiger partial charge in [-0.2, -0.15) is 0 Å². The number of hydrogen-bond acceptors (Lipinski definition) is 3. The topological polar surface area (TPSA) is 41.3 Å². The van der Waals surface area contributed by atoms with Crippen LogP contribution in [-0.4, -0.2) is 21.0 Å². The number of nitrogens with one attached hydrogen (secondary N) is 1.